The van der Waals surface area contributed by atoms with Crippen LogP contribution in [0.2, 0.25) is 0 Å². The molecule has 0 aromatic heterocycles. The van der Waals surface area contributed by atoms with Gasteiger partial charge in [0.2, 0.25) is 0 Å². The first kappa shape index (κ1) is 18.4. The van der Waals surface area contributed by atoms with E-state index in [1.165, 1.54) is 30.9 Å². The van der Waals surface area contributed by atoms with Crippen LogP contribution in [0.1, 0.15) is 42.3 Å². The quantitative estimate of drug-likeness (QED) is 0.661. The van der Waals surface area contributed by atoms with Gasteiger partial charge in [0.15, 0.2) is 5.75 Å². The summed E-state index contributed by atoms with van der Waals surface area (Å²) in [5, 5.41) is 13.8. The van der Waals surface area contributed by atoms with Crippen molar-refractivity contribution in [3.05, 3.63) is 69.3 Å². The van der Waals surface area contributed by atoms with Crippen molar-refractivity contribution < 1.29 is 14.5 Å². The number of benzene rings is 2. The SMILES string of the molecule is COc1ccc(C(=O)NCc2ccc(C(C)(C)C)cc2)cc1[N+](=O)[O-]. The normalized spacial score (nSPS) is 11.0. The van der Waals surface area contributed by atoms with Crippen molar-refractivity contribution in [3.8, 4) is 5.75 Å². The molecule has 0 aliphatic carbocycles. The number of hydrogen-bond acceptors (Lipinski definition) is 4. The van der Waals surface area contributed by atoms with Gasteiger partial charge < -0.3 is 10.1 Å². The van der Waals surface area contributed by atoms with Crippen molar-refractivity contribution >= 4 is 11.6 Å². The third kappa shape index (κ3) is 4.56. The van der Waals surface area contributed by atoms with Crippen LogP contribution in [-0.2, 0) is 12.0 Å². The first-order chi connectivity index (χ1) is 11.7. The number of amides is 1. The number of rotatable bonds is 5. The van der Waals surface area contributed by atoms with Gasteiger partial charge in [0.1, 0.15) is 0 Å². The summed E-state index contributed by atoms with van der Waals surface area (Å²) in [5.41, 5.74) is 2.24. The maximum absolute atomic E-state index is 12.2. The van der Waals surface area contributed by atoms with Gasteiger partial charge in [0, 0.05) is 18.2 Å². The number of ether oxygens (including phenoxy) is 1. The largest absolute Gasteiger partial charge is 0.490 e. The van der Waals surface area contributed by atoms with Crippen LogP contribution in [0.5, 0.6) is 5.75 Å². The highest BCUT2D eigenvalue weighted by atomic mass is 16.6. The summed E-state index contributed by atoms with van der Waals surface area (Å²) in [7, 11) is 1.35. The van der Waals surface area contributed by atoms with E-state index >= 15 is 0 Å². The number of carbonyl (C=O) groups is 1. The van der Waals surface area contributed by atoms with Gasteiger partial charge in [-0.05, 0) is 28.7 Å². The van der Waals surface area contributed by atoms with Crippen LogP contribution in [0.15, 0.2) is 42.5 Å². The molecule has 0 unspecified atom stereocenters. The topological polar surface area (TPSA) is 81.5 Å². The van der Waals surface area contributed by atoms with Crippen LogP contribution in [0, 0.1) is 10.1 Å². The third-order valence-electron chi connectivity index (χ3n) is 3.91. The molecule has 0 fully saturated rings. The monoisotopic (exact) mass is 342 g/mol. The first-order valence-corrected chi connectivity index (χ1v) is 7.92. The van der Waals surface area contributed by atoms with E-state index in [9.17, 15) is 14.9 Å². The predicted molar refractivity (Wildman–Crippen MR) is 96.0 cm³/mol. The molecule has 6 nitrogen and oxygen atoms in total. The highest BCUT2D eigenvalue weighted by molar-refractivity contribution is 5.95. The Hall–Kier alpha value is -2.89. The highest BCUT2D eigenvalue weighted by Gasteiger charge is 2.18. The Balaban J connectivity index is 2.07. The lowest BCUT2D eigenvalue weighted by atomic mass is 9.87. The molecule has 0 aliphatic rings. The van der Waals surface area contributed by atoms with E-state index in [0.29, 0.717) is 6.54 Å². The van der Waals surface area contributed by atoms with E-state index in [1.54, 1.807) is 0 Å². The van der Waals surface area contributed by atoms with E-state index in [4.69, 9.17) is 4.74 Å². The van der Waals surface area contributed by atoms with E-state index < -0.39 is 4.92 Å². The molecular weight excluding hydrogens is 320 g/mol. The second kappa shape index (κ2) is 7.34. The van der Waals surface area contributed by atoms with Crippen molar-refractivity contribution in [2.24, 2.45) is 0 Å². The summed E-state index contributed by atoms with van der Waals surface area (Å²) in [5.74, 6) is -0.245. The van der Waals surface area contributed by atoms with Crippen LogP contribution in [0.25, 0.3) is 0 Å². The lowest BCUT2D eigenvalue weighted by molar-refractivity contribution is -0.385. The molecule has 0 saturated heterocycles. The Bertz CT molecular complexity index is 777. The third-order valence-corrected chi connectivity index (χ3v) is 3.91. The summed E-state index contributed by atoms with van der Waals surface area (Å²) in [6, 6.07) is 12.2. The Morgan fingerprint density at radius 3 is 2.32 bits per heavy atom. The Morgan fingerprint density at radius 1 is 1.16 bits per heavy atom. The number of nitro benzene ring substituents is 1. The number of nitro groups is 1. The minimum Gasteiger partial charge on any atom is -0.490 e. The van der Waals surface area contributed by atoms with E-state index in [-0.39, 0.29) is 28.3 Å². The maximum Gasteiger partial charge on any atom is 0.311 e. The molecule has 0 bridgehead atoms. The number of hydrogen-bond donors (Lipinski definition) is 1. The van der Waals surface area contributed by atoms with Gasteiger partial charge in [-0.15, -0.1) is 0 Å². The van der Waals surface area contributed by atoms with Crippen molar-refractivity contribution in [1.29, 1.82) is 0 Å². The van der Waals surface area contributed by atoms with Gasteiger partial charge in [-0.25, -0.2) is 0 Å². The van der Waals surface area contributed by atoms with Gasteiger partial charge >= 0.3 is 5.69 Å². The van der Waals surface area contributed by atoms with Gasteiger partial charge in [-0.2, -0.15) is 0 Å². The van der Waals surface area contributed by atoms with Crippen LogP contribution in [0.3, 0.4) is 0 Å². The molecule has 0 aliphatic heterocycles. The van der Waals surface area contributed by atoms with Crippen LogP contribution in [-0.4, -0.2) is 17.9 Å². The van der Waals surface area contributed by atoms with Crippen molar-refractivity contribution in [2.45, 2.75) is 32.7 Å². The average Bonchev–Trinajstić information content (AvgIpc) is 2.58. The molecular formula is C19H22N2O4. The first-order valence-electron chi connectivity index (χ1n) is 7.92. The van der Waals surface area contributed by atoms with Crippen molar-refractivity contribution in [3.63, 3.8) is 0 Å². The van der Waals surface area contributed by atoms with E-state index in [2.05, 4.69) is 26.1 Å². The molecule has 2 aromatic carbocycles. The summed E-state index contributed by atoms with van der Waals surface area (Å²) < 4.78 is 4.94. The zero-order valence-corrected chi connectivity index (χ0v) is 14.8. The molecule has 0 saturated carbocycles. The second-order valence-electron chi connectivity index (χ2n) is 6.77. The van der Waals surface area contributed by atoms with Crippen molar-refractivity contribution in [2.75, 3.05) is 7.11 Å². The number of nitrogens with one attached hydrogen (secondary N) is 1. The Morgan fingerprint density at radius 2 is 1.80 bits per heavy atom. The molecule has 0 heterocycles. The Kier molecular flexibility index (Phi) is 5.41. The summed E-state index contributed by atoms with van der Waals surface area (Å²) in [6.45, 7) is 6.77. The summed E-state index contributed by atoms with van der Waals surface area (Å²) >= 11 is 0. The zero-order chi connectivity index (χ0) is 18.6. The standard InChI is InChI=1S/C19H22N2O4/c1-19(2,3)15-8-5-13(6-9-15)12-20-18(22)14-7-10-17(25-4)16(11-14)21(23)24/h5-11H,12H2,1-4H3,(H,20,22). The van der Waals surface area contributed by atoms with E-state index in [1.807, 2.05) is 24.3 Å². The fourth-order valence-corrected chi connectivity index (χ4v) is 2.38. The maximum atomic E-state index is 12.2. The van der Waals surface area contributed by atoms with Gasteiger partial charge in [-0.1, -0.05) is 45.0 Å². The molecule has 0 atom stereocenters. The van der Waals surface area contributed by atoms with Crippen LogP contribution >= 0.6 is 0 Å². The van der Waals surface area contributed by atoms with Crippen molar-refractivity contribution in [1.82, 2.24) is 5.32 Å². The van der Waals surface area contributed by atoms with Gasteiger partial charge in [0.05, 0.1) is 12.0 Å². The zero-order valence-electron chi connectivity index (χ0n) is 14.8. The molecule has 2 aromatic rings. The number of carbonyl (C=O) groups excluding carboxylic acids is 1. The lowest BCUT2D eigenvalue weighted by Gasteiger charge is -2.19. The minimum absolute atomic E-state index is 0.0732. The fourth-order valence-electron chi connectivity index (χ4n) is 2.38. The smallest absolute Gasteiger partial charge is 0.311 e. The molecule has 132 valence electrons. The van der Waals surface area contributed by atoms with Gasteiger partial charge in [0.25, 0.3) is 5.91 Å². The fraction of sp³-hybridized carbons (Fsp3) is 0.316. The van der Waals surface area contributed by atoms with Crippen LogP contribution < -0.4 is 10.1 Å². The lowest BCUT2D eigenvalue weighted by Crippen LogP contribution is -2.23. The highest BCUT2D eigenvalue weighted by Crippen LogP contribution is 2.27. The molecule has 25 heavy (non-hydrogen) atoms. The minimum atomic E-state index is -0.569. The summed E-state index contributed by atoms with van der Waals surface area (Å²) in [6.07, 6.45) is 0. The second-order valence-corrected chi connectivity index (χ2v) is 6.77. The molecule has 1 N–H and O–H groups in total. The van der Waals surface area contributed by atoms with E-state index in [0.717, 1.165) is 5.56 Å². The van der Waals surface area contributed by atoms with Gasteiger partial charge in [-0.3, -0.25) is 14.9 Å². The predicted octanol–water partition coefficient (Wildman–Crippen LogP) is 3.83. The molecule has 2 rings (SSSR count). The Labute approximate surface area is 147 Å². The molecule has 0 radical (unpaired) electrons. The molecule has 0 spiro atoms. The average molecular weight is 342 g/mol. The molecule has 1 amide bonds. The van der Waals surface area contributed by atoms with Crippen LogP contribution in [0.4, 0.5) is 5.69 Å². The summed E-state index contributed by atoms with van der Waals surface area (Å²) in [4.78, 5) is 22.7. The molecule has 6 heteroatoms. The number of nitrogens with zero attached hydrogens (tertiary/aromatic N) is 1. The number of methoxy groups -OCH3 is 1.